The highest BCUT2D eigenvalue weighted by Crippen LogP contribution is 2.45. The summed E-state index contributed by atoms with van der Waals surface area (Å²) in [5.41, 5.74) is 7.43. The van der Waals surface area contributed by atoms with Crippen molar-refractivity contribution in [1.82, 2.24) is 0 Å². The first-order valence-corrected chi connectivity index (χ1v) is 6.14. The third-order valence-corrected chi connectivity index (χ3v) is 3.63. The summed E-state index contributed by atoms with van der Waals surface area (Å²) in [5.74, 6) is 0.686. The highest BCUT2D eigenvalue weighted by molar-refractivity contribution is 5.96. The van der Waals surface area contributed by atoms with Crippen LogP contribution in [0, 0.1) is 18.3 Å². The molecule has 0 aliphatic heterocycles. The normalized spacial score (nSPS) is 27.4. The molecular formula is C14H20N2O. The molecular weight excluding hydrogens is 212 g/mol. The molecule has 1 aromatic rings. The average Bonchev–Trinajstić information content (AvgIpc) is 2.24. The first-order chi connectivity index (χ1) is 8.05. The van der Waals surface area contributed by atoms with E-state index >= 15 is 0 Å². The van der Waals surface area contributed by atoms with Crippen LogP contribution < -0.4 is 11.1 Å². The molecule has 3 heteroatoms. The van der Waals surface area contributed by atoms with E-state index in [1.807, 2.05) is 31.2 Å². The first-order valence-electron chi connectivity index (χ1n) is 6.14. The number of carbonyl (C=O) groups excluding carboxylic acids is 1. The van der Waals surface area contributed by atoms with Gasteiger partial charge in [-0.1, -0.05) is 19.1 Å². The van der Waals surface area contributed by atoms with Crippen LogP contribution in [0.1, 0.15) is 25.3 Å². The van der Waals surface area contributed by atoms with E-state index in [2.05, 4.69) is 12.2 Å². The summed E-state index contributed by atoms with van der Waals surface area (Å²) in [6.45, 7) is 4.61. The zero-order valence-corrected chi connectivity index (χ0v) is 10.5. The van der Waals surface area contributed by atoms with E-state index in [1.54, 1.807) is 0 Å². The van der Waals surface area contributed by atoms with E-state index in [4.69, 9.17) is 5.73 Å². The third kappa shape index (κ3) is 2.34. The Kier molecular flexibility index (Phi) is 3.20. The lowest BCUT2D eigenvalue weighted by Crippen LogP contribution is -2.51. The number of nitrogens with one attached hydrogen (secondary N) is 1. The molecule has 17 heavy (non-hydrogen) atoms. The number of hydrogen-bond donors (Lipinski definition) is 2. The number of benzene rings is 1. The Hall–Kier alpha value is -1.35. The Morgan fingerprint density at radius 1 is 1.53 bits per heavy atom. The average molecular weight is 232 g/mol. The molecule has 3 N–H and O–H groups in total. The summed E-state index contributed by atoms with van der Waals surface area (Å²) >= 11 is 0. The van der Waals surface area contributed by atoms with Crippen LogP contribution in [0.3, 0.4) is 0 Å². The van der Waals surface area contributed by atoms with Crippen molar-refractivity contribution in [3.63, 3.8) is 0 Å². The fraction of sp³-hybridized carbons (Fsp3) is 0.500. The lowest BCUT2D eigenvalue weighted by Gasteiger charge is -2.44. The van der Waals surface area contributed by atoms with Crippen LogP contribution >= 0.6 is 0 Å². The second-order valence-electron chi connectivity index (χ2n) is 5.32. The van der Waals surface area contributed by atoms with Crippen LogP contribution in [-0.2, 0) is 4.79 Å². The molecule has 0 spiro atoms. The van der Waals surface area contributed by atoms with Crippen LogP contribution in [0.4, 0.5) is 5.69 Å². The second kappa shape index (κ2) is 4.49. The second-order valence-corrected chi connectivity index (χ2v) is 5.32. The molecule has 1 aliphatic carbocycles. The van der Waals surface area contributed by atoms with Gasteiger partial charge in [-0.05, 0) is 43.4 Å². The molecule has 0 heterocycles. The lowest BCUT2D eigenvalue weighted by molar-refractivity contribution is -0.132. The molecule has 0 radical (unpaired) electrons. The summed E-state index contributed by atoms with van der Waals surface area (Å²) in [6, 6.07) is 7.85. The molecule has 0 bridgehead atoms. The summed E-state index contributed by atoms with van der Waals surface area (Å²) in [7, 11) is 0. The van der Waals surface area contributed by atoms with Gasteiger partial charge in [0, 0.05) is 12.2 Å². The van der Waals surface area contributed by atoms with Crippen molar-refractivity contribution in [3.8, 4) is 0 Å². The molecule has 1 fully saturated rings. The monoisotopic (exact) mass is 232 g/mol. The summed E-state index contributed by atoms with van der Waals surface area (Å²) in [5, 5.41) is 2.98. The number of rotatable bonds is 3. The van der Waals surface area contributed by atoms with Crippen LogP contribution in [0.25, 0.3) is 0 Å². The SMILES string of the molecule is Cc1cccc(NC(=O)C2(CN)CC(C)C2)c1. The highest BCUT2D eigenvalue weighted by atomic mass is 16.2. The topological polar surface area (TPSA) is 55.1 Å². The Morgan fingerprint density at radius 2 is 2.24 bits per heavy atom. The van der Waals surface area contributed by atoms with Crippen molar-refractivity contribution in [1.29, 1.82) is 0 Å². The number of carbonyl (C=O) groups is 1. The lowest BCUT2D eigenvalue weighted by atomic mass is 9.62. The number of nitrogens with two attached hydrogens (primary N) is 1. The maximum absolute atomic E-state index is 12.2. The van der Waals surface area contributed by atoms with Gasteiger partial charge in [0.05, 0.1) is 5.41 Å². The molecule has 1 aromatic carbocycles. The molecule has 0 aromatic heterocycles. The van der Waals surface area contributed by atoms with Gasteiger partial charge >= 0.3 is 0 Å². The molecule has 3 nitrogen and oxygen atoms in total. The van der Waals surface area contributed by atoms with Crippen LogP contribution in [0.5, 0.6) is 0 Å². The molecule has 0 atom stereocenters. The van der Waals surface area contributed by atoms with E-state index < -0.39 is 0 Å². The number of hydrogen-bond acceptors (Lipinski definition) is 2. The van der Waals surface area contributed by atoms with Gasteiger partial charge in [-0.25, -0.2) is 0 Å². The van der Waals surface area contributed by atoms with Gasteiger partial charge < -0.3 is 11.1 Å². The van der Waals surface area contributed by atoms with Crippen molar-refractivity contribution in [3.05, 3.63) is 29.8 Å². The molecule has 1 amide bonds. The summed E-state index contributed by atoms with van der Waals surface area (Å²) < 4.78 is 0. The first kappa shape index (κ1) is 12.1. The molecule has 1 aliphatic rings. The van der Waals surface area contributed by atoms with Crippen molar-refractivity contribution < 1.29 is 4.79 Å². The predicted octanol–water partition coefficient (Wildman–Crippen LogP) is 2.31. The Labute approximate surface area is 102 Å². The zero-order valence-electron chi connectivity index (χ0n) is 10.5. The Bertz CT molecular complexity index is 422. The maximum atomic E-state index is 12.2. The summed E-state index contributed by atoms with van der Waals surface area (Å²) in [4.78, 5) is 12.2. The van der Waals surface area contributed by atoms with Crippen molar-refractivity contribution in [2.24, 2.45) is 17.1 Å². The minimum absolute atomic E-state index is 0.0729. The number of amides is 1. The highest BCUT2D eigenvalue weighted by Gasteiger charge is 2.47. The minimum Gasteiger partial charge on any atom is -0.329 e. The quantitative estimate of drug-likeness (QED) is 0.840. The van der Waals surface area contributed by atoms with Gasteiger partial charge in [-0.3, -0.25) is 4.79 Å². The van der Waals surface area contributed by atoms with Gasteiger partial charge in [-0.2, -0.15) is 0 Å². The van der Waals surface area contributed by atoms with E-state index in [9.17, 15) is 4.79 Å². The predicted molar refractivity (Wildman–Crippen MR) is 69.7 cm³/mol. The van der Waals surface area contributed by atoms with Crippen molar-refractivity contribution in [2.75, 3.05) is 11.9 Å². The Morgan fingerprint density at radius 3 is 2.76 bits per heavy atom. The van der Waals surface area contributed by atoms with Crippen molar-refractivity contribution >= 4 is 11.6 Å². The maximum Gasteiger partial charge on any atom is 0.231 e. The zero-order chi connectivity index (χ0) is 12.5. The van der Waals surface area contributed by atoms with Crippen LogP contribution in [-0.4, -0.2) is 12.5 Å². The smallest absolute Gasteiger partial charge is 0.231 e. The molecule has 0 saturated heterocycles. The van der Waals surface area contributed by atoms with Gasteiger partial charge in [0.1, 0.15) is 0 Å². The fourth-order valence-corrected chi connectivity index (χ4v) is 2.71. The van der Waals surface area contributed by atoms with Crippen LogP contribution in [0.2, 0.25) is 0 Å². The van der Waals surface area contributed by atoms with Gasteiger partial charge in [0.2, 0.25) is 5.91 Å². The standard InChI is InChI=1S/C14H20N2O/c1-10-4-3-5-12(6-10)16-13(17)14(9-15)7-11(2)8-14/h3-6,11H,7-9,15H2,1-2H3,(H,16,17). The molecule has 92 valence electrons. The number of anilines is 1. The fourth-order valence-electron chi connectivity index (χ4n) is 2.71. The van der Waals surface area contributed by atoms with Gasteiger partial charge in [0.25, 0.3) is 0 Å². The number of aryl methyl sites for hydroxylation is 1. The van der Waals surface area contributed by atoms with Crippen LogP contribution in [0.15, 0.2) is 24.3 Å². The Balaban J connectivity index is 2.06. The third-order valence-electron chi connectivity index (χ3n) is 3.63. The van der Waals surface area contributed by atoms with Gasteiger partial charge in [0.15, 0.2) is 0 Å². The largest absolute Gasteiger partial charge is 0.329 e. The van der Waals surface area contributed by atoms with E-state index in [0.717, 1.165) is 24.1 Å². The van der Waals surface area contributed by atoms with Crippen molar-refractivity contribution in [2.45, 2.75) is 26.7 Å². The molecule has 0 unspecified atom stereocenters. The minimum atomic E-state index is -0.330. The van der Waals surface area contributed by atoms with E-state index in [1.165, 1.54) is 0 Å². The van der Waals surface area contributed by atoms with Gasteiger partial charge in [-0.15, -0.1) is 0 Å². The van der Waals surface area contributed by atoms with E-state index in [-0.39, 0.29) is 11.3 Å². The molecule has 2 rings (SSSR count). The molecule has 1 saturated carbocycles. The van der Waals surface area contributed by atoms with E-state index in [0.29, 0.717) is 12.5 Å². The summed E-state index contributed by atoms with van der Waals surface area (Å²) in [6.07, 6.45) is 1.81.